The Morgan fingerprint density at radius 2 is 1.64 bits per heavy atom. The average molecular weight is 493 g/mol. The van der Waals surface area contributed by atoms with Crippen LogP contribution in [0.4, 0.5) is 10.5 Å². The molecule has 2 aromatic rings. The van der Waals surface area contributed by atoms with E-state index in [9.17, 15) is 9.59 Å². The second-order valence-corrected chi connectivity index (χ2v) is 10.1. The molecule has 2 atom stereocenters. The highest BCUT2D eigenvalue weighted by Gasteiger charge is 2.37. The minimum Gasteiger partial charge on any atom is -0.497 e. The fourth-order valence-electron chi connectivity index (χ4n) is 5.46. The van der Waals surface area contributed by atoms with E-state index in [0.717, 1.165) is 37.1 Å². The summed E-state index contributed by atoms with van der Waals surface area (Å²) in [7, 11) is 1.62. The molecule has 1 saturated carbocycles. The Balaban J connectivity index is 1.30. The fraction of sp³-hybridized carbons (Fsp3) is 0.517. The number of hydrogen-bond acceptors (Lipinski definition) is 4. The zero-order valence-corrected chi connectivity index (χ0v) is 21.6. The molecule has 1 aliphatic carbocycles. The van der Waals surface area contributed by atoms with Crippen LogP contribution in [-0.4, -0.2) is 67.1 Å². The van der Waals surface area contributed by atoms with Crippen LogP contribution in [0, 0.1) is 5.92 Å². The molecule has 0 aromatic heterocycles. The summed E-state index contributed by atoms with van der Waals surface area (Å²) in [5, 5.41) is 6.29. The molecule has 0 radical (unpaired) electrons. The summed E-state index contributed by atoms with van der Waals surface area (Å²) >= 11 is 0. The van der Waals surface area contributed by atoms with Crippen molar-refractivity contribution in [2.75, 3.05) is 38.6 Å². The number of amides is 3. The van der Waals surface area contributed by atoms with Crippen molar-refractivity contribution in [1.82, 2.24) is 15.1 Å². The molecule has 36 heavy (non-hydrogen) atoms. The van der Waals surface area contributed by atoms with Gasteiger partial charge in [0.1, 0.15) is 5.75 Å². The molecule has 7 nitrogen and oxygen atoms in total. The maximum absolute atomic E-state index is 13.5. The molecule has 0 spiro atoms. The van der Waals surface area contributed by atoms with Gasteiger partial charge in [0.25, 0.3) is 0 Å². The van der Waals surface area contributed by atoms with E-state index in [4.69, 9.17) is 4.74 Å². The number of hydrogen-bond donors (Lipinski definition) is 2. The monoisotopic (exact) mass is 492 g/mol. The molecular weight excluding hydrogens is 452 g/mol. The van der Waals surface area contributed by atoms with Gasteiger partial charge in [-0.1, -0.05) is 43.2 Å². The number of nitrogens with zero attached hydrogens (tertiary/aromatic N) is 2. The van der Waals surface area contributed by atoms with Gasteiger partial charge in [0, 0.05) is 37.9 Å². The molecule has 1 saturated heterocycles. The number of piperazine rings is 1. The first-order valence-corrected chi connectivity index (χ1v) is 13.3. The SMILES string of the molecule is COc1ccc(NC(=O)N2CCN([C@H](C(=O)N[C@@H](C)CCc3ccccc3)C3CCCC3)CC2)cc1. The second-order valence-electron chi connectivity index (χ2n) is 10.1. The predicted octanol–water partition coefficient (Wildman–Crippen LogP) is 4.54. The van der Waals surface area contributed by atoms with Crippen molar-refractivity contribution in [3.8, 4) is 5.75 Å². The van der Waals surface area contributed by atoms with Gasteiger partial charge in [-0.05, 0) is 68.4 Å². The van der Waals surface area contributed by atoms with E-state index >= 15 is 0 Å². The van der Waals surface area contributed by atoms with Crippen molar-refractivity contribution >= 4 is 17.6 Å². The molecular formula is C29H40N4O3. The summed E-state index contributed by atoms with van der Waals surface area (Å²) in [6.45, 7) is 4.75. The summed E-state index contributed by atoms with van der Waals surface area (Å²) in [6.07, 6.45) is 6.48. The summed E-state index contributed by atoms with van der Waals surface area (Å²) < 4.78 is 5.18. The third kappa shape index (κ3) is 7.00. The smallest absolute Gasteiger partial charge is 0.321 e. The Morgan fingerprint density at radius 1 is 0.972 bits per heavy atom. The normalized spacial score (nSPS) is 18.4. The third-order valence-electron chi connectivity index (χ3n) is 7.55. The van der Waals surface area contributed by atoms with Gasteiger partial charge in [-0.3, -0.25) is 9.69 Å². The summed E-state index contributed by atoms with van der Waals surface area (Å²) in [5.74, 6) is 1.30. The molecule has 7 heteroatoms. The molecule has 0 bridgehead atoms. The maximum atomic E-state index is 13.5. The Kier molecular flexibility index (Phi) is 9.23. The van der Waals surface area contributed by atoms with Gasteiger partial charge in [0.15, 0.2) is 0 Å². The number of carbonyl (C=O) groups is 2. The summed E-state index contributed by atoms with van der Waals surface area (Å²) in [5.41, 5.74) is 2.05. The molecule has 2 fully saturated rings. The van der Waals surface area contributed by atoms with Crippen LogP contribution >= 0.6 is 0 Å². The van der Waals surface area contributed by atoms with Crippen molar-refractivity contribution in [1.29, 1.82) is 0 Å². The van der Waals surface area contributed by atoms with E-state index < -0.39 is 0 Å². The number of nitrogens with one attached hydrogen (secondary N) is 2. The van der Waals surface area contributed by atoms with Crippen LogP contribution in [0.15, 0.2) is 54.6 Å². The van der Waals surface area contributed by atoms with Crippen molar-refractivity contribution in [3.63, 3.8) is 0 Å². The third-order valence-corrected chi connectivity index (χ3v) is 7.55. The van der Waals surface area contributed by atoms with Gasteiger partial charge >= 0.3 is 6.03 Å². The molecule has 2 aromatic carbocycles. The van der Waals surface area contributed by atoms with Gasteiger partial charge < -0.3 is 20.3 Å². The highest BCUT2D eigenvalue weighted by Crippen LogP contribution is 2.31. The zero-order valence-electron chi connectivity index (χ0n) is 21.6. The first-order chi connectivity index (χ1) is 17.5. The quantitative estimate of drug-likeness (QED) is 0.539. The first kappa shape index (κ1) is 26.0. The van der Waals surface area contributed by atoms with Gasteiger partial charge in [-0.15, -0.1) is 0 Å². The zero-order chi connectivity index (χ0) is 25.3. The van der Waals surface area contributed by atoms with E-state index in [1.165, 1.54) is 18.4 Å². The topological polar surface area (TPSA) is 73.9 Å². The van der Waals surface area contributed by atoms with Crippen LogP contribution in [0.1, 0.15) is 44.6 Å². The van der Waals surface area contributed by atoms with Crippen LogP contribution in [0.5, 0.6) is 5.75 Å². The van der Waals surface area contributed by atoms with Crippen LogP contribution in [-0.2, 0) is 11.2 Å². The van der Waals surface area contributed by atoms with E-state index in [-0.39, 0.29) is 24.0 Å². The van der Waals surface area contributed by atoms with Crippen LogP contribution in [0.2, 0.25) is 0 Å². The lowest BCUT2D eigenvalue weighted by molar-refractivity contribution is -0.129. The van der Waals surface area contributed by atoms with Crippen molar-refractivity contribution in [2.45, 2.75) is 57.5 Å². The van der Waals surface area contributed by atoms with Crippen LogP contribution < -0.4 is 15.4 Å². The highest BCUT2D eigenvalue weighted by molar-refractivity contribution is 5.89. The van der Waals surface area contributed by atoms with E-state index in [1.54, 1.807) is 7.11 Å². The Hall–Kier alpha value is -3.06. The molecule has 2 N–H and O–H groups in total. The minimum absolute atomic E-state index is 0.101. The molecule has 3 amide bonds. The van der Waals surface area contributed by atoms with Crippen molar-refractivity contribution in [3.05, 3.63) is 60.2 Å². The summed E-state index contributed by atoms with van der Waals surface area (Å²) in [6, 6.07) is 17.7. The highest BCUT2D eigenvalue weighted by atomic mass is 16.5. The van der Waals surface area contributed by atoms with E-state index in [0.29, 0.717) is 32.1 Å². The number of urea groups is 1. The number of anilines is 1. The second kappa shape index (κ2) is 12.8. The van der Waals surface area contributed by atoms with Gasteiger partial charge in [0.05, 0.1) is 13.2 Å². The van der Waals surface area contributed by atoms with Crippen molar-refractivity contribution in [2.24, 2.45) is 5.92 Å². The Labute approximate surface area is 215 Å². The van der Waals surface area contributed by atoms with Crippen LogP contribution in [0.25, 0.3) is 0 Å². The number of ether oxygens (including phenoxy) is 1. The first-order valence-electron chi connectivity index (χ1n) is 13.3. The number of methoxy groups -OCH3 is 1. The molecule has 1 heterocycles. The van der Waals surface area contributed by atoms with Gasteiger partial charge in [-0.25, -0.2) is 4.79 Å². The number of aryl methyl sites for hydroxylation is 1. The standard InChI is InChI=1S/C29H40N4O3/c1-22(12-13-23-8-4-3-5-9-23)30-28(34)27(24-10-6-7-11-24)32-18-20-33(21-19-32)29(35)31-25-14-16-26(36-2)17-15-25/h3-5,8-9,14-17,22,24,27H,6-7,10-13,18-21H2,1-2H3,(H,30,34)(H,31,35)/t22-,27-/m0/s1. The summed E-state index contributed by atoms with van der Waals surface area (Å²) in [4.78, 5) is 30.5. The Morgan fingerprint density at radius 3 is 2.28 bits per heavy atom. The molecule has 0 unspecified atom stereocenters. The fourth-order valence-corrected chi connectivity index (χ4v) is 5.46. The molecule has 1 aliphatic heterocycles. The maximum Gasteiger partial charge on any atom is 0.321 e. The predicted molar refractivity (Wildman–Crippen MR) is 143 cm³/mol. The molecule has 2 aliphatic rings. The largest absolute Gasteiger partial charge is 0.497 e. The number of carbonyl (C=O) groups excluding carboxylic acids is 2. The lowest BCUT2D eigenvalue weighted by Crippen LogP contribution is -2.59. The van der Waals surface area contributed by atoms with Gasteiger partial charge in [-0.2, -0.15) is 0 Å². The average Bonchev–Trinajstić information content (AvgIpc) is 3.43. The van der Waals surface area contributed by atoms with Crippen molar-refractivity contribution < 1.29 is 14.3 Å². The van der Waals surface area contributed by atoms with E-state index in [2.05, 4.69) is 46.7 Å². The molecule has 4 rings (SSSR count). The Bertz CT molecular complexity index is 968. The number of benzene rings is 2. The minimum atomic E-state index is -0.113. The van der Waals surface area contributed by atoms with E-state index in [1.807, 2.05) is 35.2 Å². The van der Waals surface area contributed by atoms with Gasteiger partial charge in [0.2, 0.25) is 5.91 Å². The lowest BCUT2D eigenvalue weighted by atomic mass is 9.94. The lowest BCUT2D eigenvalue weighted by Gasteiger charge is -2.41. The number of rotatable bonds is 9. The van der Waals surface area contributed by atoms with Crippen LogP contribution in [0.3, 0.4) is 0 Å². The molecule has 194 valence electrons.